The average Bonchev–Trinajstić information content (AvgIpc) is 2.76. The largest absolute Gasteiger partial charge is 0.271 e. The number of hydrogen-bond donors (Lipinski definition) is 2. The molecule has 2 nitrogen and oxygen atoms in total. The Morgan fingerprint density at radius 3 is 2.41 bits per heavy atom. The maximum Gasteiger partial charge on any atom is 0.0304 e. The molecule has 0 aromatic heterocycles. The van der Waals surface area contributed by atoms with Gasteiger partial charge in [-0.15, -0.1) is 0 Å². The zero-order chi connectivity index (χ0) is 12.3. The Hall–Kier alpha value is -0.130. The Balaban J connectivity index is 2.06. The Bertz CT molecular complexity index is 355. The fourth-order valence-corrected chi connectivity index (χ4v) is 3.25. The molecule has 0 bridgehead atoms. The molecule has 0 amide bonds. The first-order valence-corrected chi connectivity index (χ1v) is 7.42. The molecule has 1 fully saturated rings. The molecule has 1 unspecified atom stereocenters. The summed E-state index contributed by atoms with van der Waals surface area (Å²) in [5, 5.41) is 0. The maximum absolute atomic E-state index is 5.76. The molecule has 3 heteroatoms. The first kappa shape index (κ1) is 13.3. The van der Waals surface area contributed by atoms with Gasteiger partial charge in [-0.3, -0.25) is 11.3 Å². The highest BCUT2D eigenvalue weighted by atomic mass is 127. The van der Waals surface area contributed by atoms with Crippen molar-refractivity contribution in [3.8, 4) is 0 Å². The first-order chi connectivity index (χ1) is 8.14. The second kappa shape index (κ2) is 5.67. The van der Waals surface area contributed by atoms with Gasteiger partial charge in [0.15, 0.2) is 0 Å². The van der Waals surface area contributed by atoms with Crippen molar-refractivity contribution in [1.82, 2.24) is 5.43 Å². The van der Waals surface area contributed by atoms with Crippen LogP contribution in [-0.4, -0.2) is 6.04 Å². The molecule has 1 aromatic rings. The Labute approximate surface area is 117 Å². The van der Waals surface area contributed by atoms with Crippen LogP contribution in [0, 0.1) is 8.99 Å². The number of benzene rings is 1. The number of nitrogens with two attached hydrogens (primary N) is 1. The number of hydrogen-bond acceptors (Lipinski definition) is 2. The molecule has 0 saturated heterocycles. The molecule has 3 N–H and O–H groups in total. The van der Waals surface area contributed by atoms with E-state index >= 15 is 0 Å². The summed E-state index contributed by atoms with van der Waals surface area (Å²) in [6, 6.07) is 9.15. The normalized spacial score (nSPS) is 20.4. The highest BCUT2D eigenvalue weighted by Crippen LogP contribution is 2.41. The number of halogens is 1. The molecule has 1 saturated carbocycles. The van der Waals surface area contributed by atoms with Crippen molar-refractivity contribution in [2.45, 2.75) is 45.1 Å². The molecule has 2 rings (SSSR count). The van der Waals surface area contributed by atoms with Crippen LogP contribution in [0.15, 0.2) is 24.3 Å². The molecular formula is C14H21IN2. The van der Waals surface area contributed by atoms with Crippen LogP contribution >= 0.6 is 22.6 Å². The van der Waals surface area contributed by atoms with Gasteiger partial charge in [-0.2, -0.15) is 0 Å². The monoisotopic (exact) mass is 344 g/mol. The van der Waals surface area contributed by atoms with Crippen LogP contribution in [0.2, 0.25) is 0 Å². The maximum atomic E-state index is 5.76. The lowest BCUT2D eigenvalue weighted by Gasteiger charge is -2.33. The van der Waals surface area contributed by atoms with Gasteiger partial charge in [0.05, 0.1) is 0 Å². The molecule has 1 aliphatic rings. The van der Waals surface area contributed by atoms with Crippen molar-refractivity contribution in [2.75, 3.05) is 0 Å². The highest BCUT2D eigenvalue weighted by Gasteiger charge is 2.36. The Morgan fingerprint density at radius 2 is 1.88 bits per heavy atom. The summed E-state index contributed by atoms with van der Waals surface area (Å²) in [4.78, 5) is 0. The van der Waals surface area contributed by atoms with E-state index in [1.165, 1.54) is 34.8 Å². The van der Waals surface area contributed by atoms with Gasteiger partial charge in [-0.25, -0.2) is 0 Å². The minimum atomic E-state index is 0.373. The van der Waals surface area contributed by atoms with Crippen LogP contribution < -0.4 is 11.3 Å². The SMILES string of the molecule is CC1(C(Cc2ccc(I)cc2)NN)CCCC1. The molecule has 0 heterocycles. The molecule has 1 aliphatic carbocycles. The second-order valence-corrected chi connectivity index (χ2v) is 6.66. The summed E-state index contributed by atoms with van der Waals surface area (Å²) in [7, 11) is 0. The van der Waals surface area contributed by atoms with E-state index in [0.717, 1.165) is 6.42 Å². The van der Waals surface area contributed by atoms with Gasteiger partial charge >= 0.3 is 0 Å². The molecular weight excluding hydrogens is 323 g/mol. The lowest BCUT2D eigenvalue weighted by Crippen LogP contribution is -2.47. The number of nitrogens with one attached hydrogen (secondary N) is 1. The zero-order valence-corrected chi connectivity index (χ0v) is 12.5. The van der Waals surface area contributed by atoms with Crippen LogP contribution in [0.3, 0.4) is 0 Å². The van der Waals surface area contributed by atoms with E-state index in [1.807, 2.05) is 0 Å². The molecule has 17 heavy (non-hydrogen) atoms. The second-order valence-electron chi connectivity index (χ2n) is 5.41. The summed E-state index contributed by atoms with van der Waals surface area (Å²) < 4.78 is 1.29. The third-order valence-corrected chi connectivity index (χ3v) is 4.86. The molecule has 0 aliphatic heterocycles. The minimum Gasteiger partial charge on any atom is -0.271 e. The third-order valence-electron chi connectivity index (χ3n) is 4.14. The van der Waals surface area contributed by atoms with Gasteiger partial charge in [0.25, 0.3) is 0 Å². The summed E-state index contributed by atoms with van der Waals surface area (Å²) >= 11 is 2.34. The van der Waals surface area contributed by atoms with Crippen LogP contribution in [-0.2, 0) is 6.42 Å². The van der Waals surface area contributed by atoms with Crippen LogP contribution in [0.5, 0.6) is 0 Å². The van der Waals surface area contributed by atoms with E-state index in [4.69, 9.17) is 5.84 Å². The van der Waals surface area contributed by atoms with Crippen LogP contribution in [0.1, 0.15) is 38.2 Å². The fourth-order valence-electron chi connectivity index (χ4n) is 2.89. The summed E-state index contributed by atoms with van der Waals surface area (Å²) in [6.07, 6.45) is 6.32. The van der Waals surface area contributed by atoms with Crippen molar-refractivity contribution in [1.29, 1.82) is 0 Å². The van der Waals surface area contributed by atoms with Crippen LogP contribution in [0.4, 0.5) is 0 Å². The van der Waals surface area contributed by atoms with Crippen LogP contribution in [0.25, 0.3) is 0 Å². The van der Waals surface area contributed by atoms with Gasteiger partial charge < -0.3 is 0 Å². The topological polar surface area (TPSA) is 38.0 Å². The van der Waals surface area contributed by atoms with Gasteiger partial charge in [-0.1, -0.05) is 31.9 Å². The number of hydrazine groups is 1. The van der Waals surface area contributed by atoms with E-state index in [1.54, 1.807) is 0 Å². The van der Waals surface area contributed by atoms with Crippen molar-refractivity contribution < 1.29 is 0 Å². The smallest absolute Gasteiger partial charge is 0.0304 e. The van der Waals surface area contributed by atoms with E-state index < -0.39 is 0 Å². The van der Waals surface area contributed by atoms with E-state index in [2.05, 4.69) is 59.2 Å². The highest BCUT2D eigenvalue weighted by molar-refractivity contribution is 14.1. The first-order valence-electron chi connectivity index (χ1n) is 6.35. The standard InChI is InChI=1S/C14H21IN2/c1-14(8-2-3-9-14)13(17-16)10-11-4-6-12(15)7-5-11/h4-7,13,17H,2-3,8-10,16H2,1H3. The lowest BCUT2D eigenvalue weighted by atomic mass is 9.78. The summed E-state index contributed by atoms with van der Waals surface area (Å²) in [6.45, 7) is 2.37. The summed E-state index contributed by atoms with van der Waals surface area (Å²) in [5.41, 5.74) is 4.79. The molecule has 0 spiro atoms. The van der Waals surface area contributed by atoms with Gasteiger partial charge in [-0.05, 0) is 65.0 Å². The minimum absolute atomic E-state index is 0.373. The molecule has 1 atom stereocenters. The Kier molecular flexibility index (Phi) is 4.44. The fraction of sp³-hybridized carbons (Fsp3) is 0.571. The van der Waals surface area contributed by atoms with Gasteiger partial charge in [0.2, 0.25) is 0 Å². The average molecular weight is 344 g/mol. The molecule has 0 radical (unpaired) electrons. The predicted octanol–water partition coefficient (Wildman–Crippen LogP) is 3.25. The van der Waals surface area contributed by atoms with Crippen molar-refractivity contribution in [2.24, 2.45) is 11.3 Å². The third kappa shape index (κ3) is 3.20. The van der Waals surface area contributed by atoms with Gasteiger partial charge in [0, 0.05) is 9.61 Å². The van der Waals surface area contributed by atoms with Crippen molar-refractivity contribution >= 4 is 22.6 Å². The van der Waals surface area contributed by atoms with E-state index in [-0.39, 0.29) is 0 Å². The Morgan fingerprint density at radius 1 is 1.29 bits per heavy atom. The van der Waals surface area contributed by atoms with E-state index in [0.29, 0.717) is 11.5 Å². The van der Waals surface area contributed by atoms with E-state index in [9.17, 15) is 0 Å². The van der Waals surface area contributed by atoms with Crippen molar-refractivity contribution in [3.05, 3.63) is 33.4 Å². The lowest BCUT2D eigenvalue weighted by molar-refractivity contribution is 0.221. The molecule has 94 valence electrons. The summed E-state index contributed by atoms with van der Waals surface area (Å²) in [5.74, 6) is 5.76. The van der Waals surface area contributed by atoms with Crippen molar-refractivity contribution in [3.63, 3.8) is 0 Å². The molecule has 1 aromatic carbocycles. The quantitative estimate of drug-likeness (QED) is 0.500. The predicted molar refractivity (Wildman–Crippen MR) is 80.5 cm³/mol. The number of rotatable bonds is 4. The zero-order valence-electron chi connectivity index (χ0n) is 10.4. The van der Waals surface area contributed by atoms with Gasteiger partial charge in [0.1, 0.15) is 0 Å².